The third-order valence-corrected chi connectivity index (χ3v) is 5.60. The molecule has 184 valence electrons. The van der Waals surface area contributed by atoms with Gasteiger partial charge in [-0.25, -0.2) is 0 Å². The normalized spacial score (nSPS) is 12.8. The van der Waals surface area contributed by atoms with Gasteiger partial charge >= 0.3 is 0 Å². The summed E-state index contributed by atoms with van der Waals surface area (Å²) < 4.78 is 10.3. The number of phenolic OH excluding ortho intramolecular Hbond substituents is 2. The second-order valence-corrected chi connectivity index (χ2v) is 8.18. The summed E-state index contributed by atoms with van der Waals surface area (Å²) >= 11 is 0. The SMILES string of the molecule is COC(CNCCNc1ccc(NCCN(C)C)c2c1C(=O)c1c(O)ccc(O)c1C2=O)OC. The lowest BCUT2D eigenvalue weighted by Crippen LogP contribution is -2.33. The minimum absolute atomic E-state index is 0.167. The molecule has 0 radical (unpaired) electrons. The molecule has 2 aromatic rings. The van der Waals surface area contributed by atoms with Crippen LogP contribution in [0.5, 0.6) is 11.5 Å². The molecule has 1 aliphatic carbocycles. The van der Waals surface area contributed by atoms with E-state index in [0.717, 1.165) is 6.54 Å². The van der Waals surface area contributed by atoms with Crippen molar-refractivity contribution in [3.05, 3.63) is 46.5 Å². The topological polar surface area (TPSA) is 132 Å². The van der Waals surface area contributed by atoms with Crippen LogP contribution in [0.3, 0.4) is 0 Å². The number of likely N-dealkylation sites (N-methyl/N-ethyl adjacent to an activating group) is 1. The molecule has 0 saturated heterocycles. The van der Waals surface area contributed by atoms with Crippen LogP contribution < -0.4 is 16.0 Å². The lowest BCUT2D eigenvalue weighted by molar-refractivity contribution is -0.0985. The molecular formula is C24H32N4O6. The molecule has 0 aromatic heterocycles. The summed E-state index contributed by atoms with van der Waals surface area (Å²) in [6.07, 6.45) is -0.369. The minimum Gasteiger partial charge on any atom is -0.507 e. The Hall–Kier alpha value is -3.18. The molecule has 0 amide bonds. The standard InChI is InChI=1S/C24H32N4O6/c1-28(2)12-11-27-15-6-5-14(26-10-9-25-13-18(33-3)34-4)19-20(15)24(32)22-17(30)8-7-16(29)21(22)23(19)31/h5-8,18,25-27,29-30H,9-13H2,1-4H3. The van der Waals surface area contributed by atoms with E-state index in [1.807, 2.05) is 19.0 Å². The van der Waals surface area contributed by atoms with Crippen molar-refractivity contribution >= 4 is 22.9 Å². The molecule has 0 fully saturated rings. The molecule has 0 heterocycles. The van der Waals surface area contributed by atoms with Gasteiger partial charge in [0, 0.05) is 58.3 Å². The average molecular weight is 473 g/mol. The monoisotopic (exact) mass is 472 g/mol. The molecule has 10 nitrogen and oxygen atoms in total. The number of anilines is 2. The Bertz CT molecular complexity index is 1050. The van der Waals surface area contributed by atoms with Gasteiger partial charge in [0.1, 0.15) is 11.5 Å². The Labute approximate surface area is 198 Å². The van der Waals surface area contributed by atoms with Crippen molar-refractivity contribution in [3.8, 4) is 11.5 Å². The maximum absolute atomic E-state index is 13.5. The van der Waals surface area contributed by atoms with Gasteiger partial charge in [-0.3, -0.25) is 9.59 Å². The third-order valence-electron chi connectivity index (χ3n) is 5.60. The quantitative estimate of drug-likeness (QED) is 0.150. The number of nitrogens with one attached hydrogen (secondary N) is 3. The maximum Gasteiger partial charge on any atom is 0.200 e. The van der Waals surface area contributed by atoms with Crippen LogP contribution in [-0.4, -0.2) is 94.0 Å². The van der Waals surface area contributed by atoms with Crippen molar-refractivity contribution in [2.75, 3.05) is 71.7 Å². The smallest absolute Gasteiger partial charge is 0.200 e. The summed E-state index contributed by atoms with van der Waals surface area (Å²) in [6.45, 7) is 2.76. The van der Waals surface area contributed by atoms with E-state index in [1.165, 1.54) is 12.1 Å². The molecule has 10 heteroatoms. The first kappa shape index (κ1) is 25.4. The van der Waals surface area contributed by atoms with Crippen molar-refractivity contribution in [2.24, 2.45) is 0 Å². The average Bonchev–Trinajstić information content (AvgIpc) is 2.81. The highest BCUT2D eigenvalue weighted by molar-refractivity contribution is 6.33. The Morgan fingerprint density at radius 2 is 1.29 bits per heavy atom. The molecule has 2 aromatic carbocycles. The molecular weight excluding hydrogens is 440 g/mol. The van der Waals surface area contributed by atoms with E-state index in [0.29, 0.717) is 37.6 Å². The molecule has 1 aliphatic rings. The van der Waals surface area contributed by atoms with Gasteiger partial charge in [-0.1, -0.05) is 0 Å². The predicted molar refractivity (Wildman–Crippen MR) is 129 cm³/mol. The molecule has 0 spiro atoms. The van der Waals surface area contributed by atoms with Crippen LogP contribution in [0.25, 0.3) is 0 Å². The van der Waals surface area contributed by atoms with E-state index < -0.39 is 11.6 Å². The van der Waals surface area contributed by atoms with E-state index in [4.69, 9.17) is 9.47 Å². The number of hydrogen-bond donors (Lipinski definition) is 5. The molecule has 34 heavy (non-hydrogen) atoms. The molecule has 0 atom stereocenters. The van der Waals surface area contributed by atoms with Gasteiger partial charge in [-0.15, -0.1) is 0 Å². The number of hydrogen-bond acceptors (Lipinski definition) is 10. The molecule has 0 unspecified atom stereocenters. The van der Waals surface area contributed by atoms with Crippen LogP contribution in [0.2, 0.25) is 0 Å². The van der Waals surface area contributed by atoms with E-state index in [2.05, 4.69) is 16.0 Å². The number of nitrogens with zero attached hydrogens (tertiary/aromatic N) is 1. The van der Waals surface area contributed by atoms with Crippen LogP contribution in [0.1, 0.15) is 31.8 Å². The number of carbonyl (C=O) groups is 2. The number of carbonyl (C=O) groups excluding carboxylic acids is 2. The summed E-state index contributed by atoms with van der Waals surface area (Å²) in [5.41, 5.74) is 0.935. The van der Waals surface area contributed by atoms with Gasteiger partial charge in [0.15, 0.2) is 6.29 Å². The van der Waals surface area contributed by atoms with Gasteiger partial charge in [0.05, 0.1) is 22.3 Å². The van der Waals surface area contributed by atoms with Crippen molar-refractivity contribution in [1.29, 1.82) is 0 Å². The van der Waals surface area contributed by atoms with Crippen molar-refractivity contribution in [3.63, 3.8) is 0 Å². The summed E-state index contributed by atoms with van der Waals surface area (Å²) in [7, 11) is 6.99. The molecule has 3 rings (SSSR count). The number of ether oxygens (including phenoxy) is 2. The lowest BCUT2D eigenvalue weighted by Gasteiger charge is -2.25. The predicted octanol–water partition coefficient (Wildman–Crippen LogP) is 1.47. The summed E-state index contributed by atoms with van der Waals surface area (Å²) in [4.78, 5) is 29.0. The van der Waals surface area contributed by atoms with Crippen molar-refractivity contribution < 1.29 is 29.3 Å². The largest absolute Gasteiger partial charge is 0.507 e. The molecule has 0 bridgehead atoms. The van der Waals surface area contributed by atoms with Crippen molar-refractivity contribution in [1.82, 2.24) is 10.2 Å². The van der Waals surface area contributed by atoms with Crippen LogP contribution in [0.15, 0.2) is 24.3 Å². The molecule has 0 saturated carbocycles. The van der Waals surface area contributed by atoms with E-state index in [-0.39, 0.29) is 40.0 Å². The first-order chi connectivity index (χ1) is 16.3. The number of rotatable bonds is 12. The highest BCUT2D eigenvalue weighted by Gasteiger charge is 2.37. The van der Waals surface area contributed by atoms with Gasteiger partial charge in [0.2, 0.25) is 11.6 Å². The second-order valence-electron chi connectivity index (χ2n) is 8.18. The van der Waals surface area contributed by atoms with Gasteiger partial charge in [-0.2, -0.15) is 0 Å². The maximum atomic E-state index is 13.5. The Morgan fingerprint density at radius 1 is 0.794 bits per heavy atom. The number of fused-ring (bicyclic) bond motifs is 2. The second kappa shape index (κ2) is 11.3. The highest BCUT2D eigenvalue weighted by Crippen LogP contribution is 2.42. The summed E-state index contributed by atoms with van der Waals surface area (Å²) in [5.74, 6) is -1.73. The Balaban J connectivity index is 1.92. The first-order valence-electron chi connectivity index (χ1n) is 11.0. The number of aromatic hydroxyl groups is 2. The van der Waals surface area contributed by atoms with Gasteiger partial charge in [-0.05, 0) is 38.4 Å². The third kappa shape index (κ3) is 5.31. The van der Waals surface area contributed by atoms with Crippen LogP contribution in [0.4, 0.5) is 11.4 Å². The first-order valence-corrected chi connectivity index (χ1v) is 11.0. The zero-order valence-electron chi connectivity index (χ0n) is 19.9. The fourth-order valence-corrected chi connectivity index (χ4v) is 3.84. The Kier molecular flexibility index (Phi) is 8.46. The molecule has 0 aliphatic heterocycles. The lowest BCUT2D eigenvalue weighted by atomic mass is 9.81. The fourth-order valence-electron chi connectivity index (χ4n) is 3.84. The zero-order valence-corrected chi connectivity index (χ0v) is 19.9. The Morgan fingerprint density at radius 3 is 1.76 bits per heavy atom. The van der Waals surface area contributed by atoms with E-state index in [1.54, 1.807) is 26.4 Å². The van der Waals surface area contributed by atoms with E-state index in [9.17, 15) is 19.8 Å². The number of ketones is 2. The number of benzene rings is 2. The zero-order chi connectivity index (χ0) is 24.8. The van der Waals surface area contributed by atoms with Crippen LogP contribution in [0, 0.1) is 0 Å². The highest BCUT2D eigenvalue weighted by atomic mass is 16.7. The van der Waals surface area contributed by atoms with Crippen molar-refractivity contribution in [2.45, 2.75) is 6.29 Å². The van der Waals surface area contributed by atoms with E-state index >= 15 is 0 Å². The fraction of sp³-hybridized carbons (Fsp3) is 0.417. The number of phenols is 2. The van der Waals surface area contributed by atoms with Gasteiger partial charge < -0.3 is 40.5 Å². The van der Waals surface area contributed by atoms with Crippen LogP contribution >= 0.6 is 0 Å². The summed E-state index contributed by atoms with van der Waals surface area (Å²) in [6, 6.07) is 5.90. The summed E-state index contributed by atoms with van der Waals surface area (Å²) in [5, 5.41) is 30.3. The minimum atomic E-state index is -0.524. The van der Waals surface area contributed by atoms with Crippen LogP contribution in [-0.2, 0) is 9.47 Å². The molecule has 5 N–H and O–H groups in total. The van der Waals surface area contributed by atoms with Gasteiger partial charge in [0.25, 0.3) is 0 Å². The number of methoxy groups -OCH3 is 2.